The molecule has 2 aromatic rings. The molecular weight excluding hydrogens is 254 g/mol. The summed E-state index contributed by atoms with van der Waals surface area (Å²) in [6, 6.07) is 12.4. The Bertz CT molecular complexity index is 479. The first-order valence-corrected chi connectivity index (χ1v) is 7.50. The Morgan fingerprint density at radius 1 is 1.21 bits per heavy atom. The topological polar surface area (TPSA) is 32.3 Å². The van der Waals surface area contributed by atoms with Crippen LogP contribution in [-0.2, 0) is 5.41 Å². The number of hydrogen-bond acceptors (Lipinski definition) is 3. The molecule has 0 amide bonds. The van der Waals surface area contributed by atoms with Crippen LogP contribution in [0.1, 0.15) is 31.1 Å². The molecule has 0 fully saturated rings. The lowest BCUT2D eigenvalue weighted by molar-refractivity contribution is 0.173. The largest absolute Gasteiger partial charge is 0.387 e. The van der Waals surface area contributed by atoms with E-state index in [1.807, 2.05) is 22.9 Å². The highest BCUT2D eigenvalue weighted by Crippen LogP contribution is 2.22. The van der Waals surface area contributed by atoms with E-state index in [0.29, 0.717) is 6.54 Å². The molecule has 1 heterocycles. The quantitative estimate of drug-likeness (QED) is 0.847. The number of benzene rings is 1. The van der Waals surface area contributed by atoms with Crippen LogP contribution in [-0.4, -0.2) is 18.2 Å². The van der Waals surface area contributed by atoms with Gasteiger partial charge in [-0.2, -0.15) is 11.3 Å². The summed E-state index contributed by atoms with van der Waals surface area (Å²) < 4.78 is 0. The van der Waals surface area contributed by atoms with Crippen molar-refractivity contribution in [3.8, 4) is 0 Å². The molecule has 3 heteroatoms. The van der Waals surface area contributed by atoms with Gasteiger partial charge in [0.2, 0.25) is 0 Å². The fraction of sp³-hybridized carbons (Fsp3) is 0.375. The van der Waals surface area contributed by atoms with Crippen molar-refractivity contribution in [2.45, 2.75) is 25.4 Å². The lowest BCUT2D eigenvalue weighted by Gasteiger charge is -2.26. The van der Waals surface area contributed by atoms with E-state index in [4.69, 9.17) is 0 Å². The van der Waals surface area contributed by atoms with E-state index in [9.17, 15) is 5.11 Å². The first kappa shape index (κ1) is 14.3. The Kier molecular flexibility index (Phi) is 4.75. The van der Waals surface area contributed by atoms with Crippen LogP contribution in [0.3, 0.4) is 0 Å². The van der Waals surface area contributed by atoms with Gasteiger partial charge in [-0.25, -0.2) is 0 Å². The van der Waals surface area contributed by atoms with E-state index in [1.165, 1.54) is 5.56 Å². The third kappa shape index (κ3) is 3.90. The second kappa shape index (κ2) is 6.33. The number of rotatable bonds is 6. The van der Waals surface area contributed by atoms with E-state index >= 15 is 0 Å². The van der Waals surface area contributed by atoms with Crippen LogP contribution < -0.4 is 5.32 Å². The Hall–Kier alpha value is -1.16. The van der Waals surface area contributed by atoms with Crippen LogP contribution in [0, 0.1) is 0 Å². The fourth-order valence-corrected chi connectivity index (χ4v) is 2.80. The Morgan fingerprint density at radius 2 is 1.95 bits per heavy atom. The van der Waals surface area contributed by atoms with E-state index in [-0.39, 0.29) is 5.41 Å². The van der Waals surface area contributed by atoms with Gasteiger partial charge in [-0.3, -0.25) is 0 Å². The average Bonchev–Trinajstić information content (AvgIpc) is 2.93. The molecule has 1 aromatic carbocycles. The molecule has 2 nitrogen and oxygen atoms in total. The summed E-state index contributed by atoms with van der Waals surface area (Å²) in [4.78, 5) is 0. The smallest absolute Gasteiger partial charge is 0.0922 e. The van der Waals surface area contributed by atoms with Gasteiger partial charge < -0.3 is 10.4 Å². The molecule has 0 radical (unpaired) electrons. The van der Waals surface area contributed by atoms with Crippen molar-refractivity contribution in [3.05, 3.63) is 58.3 Å². The highest BCUT2D eigenvalue weighted by molar-refractivity contribution is 7.07. The van der Waals surface area contributed by atoms with Crippen LogP contribution >= 0.6 is 11.3 Å². The van der Waals surface area contributed by atoms with Gasteiger partial charge in [0.1, 0.15) is 0 Å². The van der Waals surface area contributed by atoms with E-state index in [0.717, 1.165) is 12.1 Å². The molecule has 0 spiro atoms. The van der Waals surface area contributed by atoms with Gasteiger partial charge in [0.05, 0.1) is 6.10 Å². The molecule has 1 atom stereocenters. The highest BCUT2D eigenvalue weighted by Gasteiger charge is 2.20. The van der Waals surface area contributed by atoms with Gasteiger partial charge in [0.25, 0.3) is 0 Å². The van der Waals surface area contributed by atoms with Gasteiger partial charge in [-0.15, -0.1) is 0 Å². The molecule has 2 rings (SSSR count). The summed E-state index contributed by atoms with van der Waals surface area (Å²) in [5, 5.41) is 17.4. The monoisotopic (exact) mass is 275 g/mol. The maximum Gasteiger partial charge on any atom is 0.0922 e. The van der Waals surface area contributed by atoms with Crippen molar-refractivity contribution in [1.29, 1.82) is 0 Å². The average molecular weight is 275 g/mol. The first-order chi connectivity index (χ1) is 9.09. The number of hydrogen-bond donors (Lipinski definition) is 2. The molecule has 0 bridgehead atoms. The van der Waals surface area contributed by atoms with E-state index in [2.05, 4.69) is 43.4 Å². The molecular formula is C16H21NOS. The summed E-state index contributed by atoms with van der Waals surface area (Å²) in [6.45, 7) is 5.86. The van der Waals surface area contributed by atoms with Crippen molar-refractivity contribution in [2.75, 3.05) is 13.1 Å². The van der Waals surface area contributed by atoms with Gasteiger partial charge in [-0.1, -0.05) is 44.2 Å². The predicted molar refractivity (Wildman–Crippen MR) is 81.6 cm³/mol. The summed E-state index contributed by atoms with van der Waals surface area (Å²) in [7, 11) is 0. The minimum Gasteiger partial charge on any atom is -0.387 e. The third-order valence-corrected chi connectivity index (χ3v) is 4.09. The summed E-state index contributed by atoms with van der Waals surface area (Å²) in [6.07, 6.45) is -0.419. The van der Waals surface area contributed by atoms with Crippen molar-refractivity contribution in [3.63, 3.8) is 0 Å². The number of thiophene rings is 1. The van der Waals surface area contributed by atoms with Crippen molar-refractivity contribution < 1.29 is 5.11 Å². The summed E-state index contributed by atoms with van der Waals surface area (Å²) in [5.41, 5.74) is 2.37. The molecule has 0 saturated heterocycles. The van der Waals surface area contributed by atoms with Crippen LogP contribution in [0.2, 0.25) is 0 Å². The molecule has 0 aliphatic heterocycles. The molecule has 0 aliphatic carbocycles. The zero-order valence-electron chi connectivity index (χ0n) is 11.5. The second-order valence-corrected chi connectivity index (χ2v) is 6.23. The highest BCUT2D eigenvalue weighted by atomic mass is 32.1. The lowest BCUT2D eigenvalue weighted by atomic mass is 9.84. The van der Waals surface area contributed by atoms with Crippen molar-refractivity contribution >= 4 is 11.3 Å². The zero-order chi connectivity index (χ0) is 13.7. The van der Waals surface area contributed by atoms with Gasteiger partial charge in [0, 0.05) is 18.5 Å². The third-order valence-electron chi connectivity index (χ3n) is 3.39. The zero-order valence-corrected chi connectivity index (χ0v) is 12.3. The summed E-state index contributed by atoms with van der Waals surface area (Å²) in [5.74, 6) is 0. The fourth-order valence-electron chi connectivity index (χ4n) is 2.10. The molecule has 2 N–H and O–H groups in total. The van der Waals surface area contributed by atoms with Crippen LogP contribution in [0.15, 0.2) is 47.2 Å². The molecule has 0 saturated carbocycles. The first-order valence-electron chi connectivity index (χ1n) is 6.56. The Labute approximate surface area is 119 Å². The maximum atomic E-state index is 10.0. The molecule has 1 unspecified atom stereocenters. The minimum absolute atomic E-state index is 0.0651. The molecule has 19 heavy (non-hydrogen) atoms. The normalized spacial score (nSPS) is 13.4. The molecule has 0 aliphatic rings. The van der Waals surface area contributed by atoms with Gasteiger partial charge >= 0.3 is 0 Å². The summed E-state index contributed by atoms with van der Waals surface area (Å²) >= 11 is 1.62. The molecule has 1 aromatic heterocycles. The number of nitrogens with one attached hydrogen (secondary N) is 1. The van der Waals surface area contributed by atoms with Gasteiger partial charge in [0.15, 0.2) is 0 Å². The minimum atomic E-state index is -0.419. The van der Waals surface area contributed by atoms with Crippen LogP contribution in [0.4, 0.5) is 0 Å². The van der Waals surface area contributed by atoms with E-state index in [1.54, 1.807) is 11.3 Å². The SMILES string of the molecule is CC(C)(CNCC(O)c1ccsc1)c1ccccc1. The lowest BCUT2D eigenvalue weighted by Crippen LogP contribution is -2.35. The van der Waals surface area contributed by atoms with Crippen LogP contribution in [0.25, 0.3) is 0 Å². The van der Waals surface area contributed by atoms with Crippen molar-refractivity contribution in [2.24, 2.45) is 0 Å². The number of aliphatic hydroxyl groups is 1. The molecule has 102 valence electrons. The standard InChI is InChI=1S/C16H21NOS/c1-16(2,14-6-4-3-5-7-14)12-17-10-15(18)13-8-9-19-11-13/h3-9,11,15,17-18H,10,12H2,1-2H3. The number of aliphatic hydroxyl groups excluding tert-OH is 1. The maximum absolute atomic E-state index is 10.0. The van der Waals surface area contributed by atoms with Crippen LogP contribution in [0.5, 0.6) is 0 Å². The Morgan fingerprint density at radius 3 is 2.58 bits per heavy atom. The van der Waals surface area contributed by atoms with Gasteiger partial charge in [-0.05, 0) is 28.0 Å². The van der Waals surface area contributed by atoms with Crippen molar-refractivity contribution in [1.82, 2.24) is 5.32 Å². The predicted octanol–water partition coefficient (Wildman–Crippen LogP) is 3.35. The Balaban J connectivity index is 1.85. The second-order valence-electron chi connectivity index (χ2n) is 5.45. The van der Waals surface area contributed by atoms with E-state index < -0.39 is 6.10 Å².